The maximum Gasteiger partial charge on any atom is 0.136 e. The fourth-order valence-corrected chi connectivity index (χ4v) is 7.50. The van der Waals surface area contributed by atoms with Crippen molar-refractivity contribution in [2.45, 2.75) is 13.1 Å². The molecule has 0 spiro atoms. The average molecular weight is 351 g/mol. The molecule has 124 valence electrons. The molecule has 26 heavy (non-hydrogen) atoms. The van der Waals surface area contributed by atoms with Crippen LogP contribution in [-0.4, -0.2) is 13.1 Å². The highest BCUT2D eigenvalue weighted by Crippen LogP contribution is 2.38. The fraction of sp³-hybridized carbons (Fsp3) is 0.0870. The molecule has 0 unspecified atom stereocenters. The number of fused-ring (bicyclic) bond motifs is 3. The molecule has 0 saturated heterocycles. The molecule has 3 heterocycles. The Morgan fingerprint density at radius 2 is 1.54 bits per heavy atom. The van der Waals surface area contributed by atoms with Gasteiger partial charge in [-0.15, -0.1) is 0 Å². The number of pyridine rings is 1. The van der Waals surface area contributed by atoms with E-state index in [4.69, 9.17) is 9.40 Å². The fourth-order valence-electron chi connectivity index (χ4n) is 4.53. The van der Waals surface area contributed by atoms with Crippen molar-refractivity contribution < 1.29 is 4.42 Å². The van der Waals surface area contributed by atoms with Crippen molar-refractivity contribution >= 4 is 51.3 Å². The van der Waals surface area contributed by atoms with E-state index in [2.05, 4.69) is 79.8 Å². The molecule has 3 aromatic carbocycles. The largest absolute Gasteiger partial charge is 0.456 e. The Balaban J connectivity index is 1.92. The third kappa shape index (κ3) is 1.64. The minimum atomic E-state index is -1.94. The molecule has 6 rings (SSSR count). The van der Waals surface area contributed by atoms with Gasteiger partial charge in [0.2, 0.25) is 0 Å². The highest BCUT2D eigenvalue weighted by atomic mass is 28.3. The second-order valence-electron chi connectivity index (χ2n) is 7.66. The number of para-hydroxylation sites is 1. The molecule has 0 bridgehead atoms. The molecule has 0 N–H and O–H groups in total. The quantitative estimate of drug-likeness (QED) is 0.369. The van der Waals surface area contributed by atoms with E-state index >= 15 is 0 Å². The lowest BCUT2D eigenvalue weighted by molar-refractivity contribution is 0.669. The summed E-state index contributed by atoms with van der Waals surface area (Å²) in [5.74, 6) is 0. The molecule has 5 aromatic rings. The van der Waals surface area contributed by atoms with E-state index in [1.807, 2.05) is 0 Å². The van der Waals surface area contributed by atoms with Crippen LogP contribution in [0.5, 0.6) is 0 Å². The van der Waals surface area contributed by atoms with Gasteiger partial charge >= 0.3 is 0 Å². The summed E-state index contributed by atoms with van der Waals surface area (Å²) in [6.45, 7) is 4.86. The highest BCUT2D eigenvalue weighted by molar-refractivity contribution is 7.03. The molecule has 0 atom stereocenters. The molecule has 0 amide bonds. The van der Waals surface area contributed by atoms with Crippen LogP contribution >= 0.6 is 0 Å². The maximum absolute atomic E-state index is 6.20. The lowest BCUT2D eigenvalue weighted by atomic mass is 10.0. The van der Waals surface area contributed by atoms with Crippen molar-refractivity contribution in [2.24, 2.45) is 0 Å². The topological polar surface area (TPSA) is 26.0 Å². The van der Waals surface area contributed by atoms with Gasteiger partial charge in [-0.1, -0.05) is 61.6 Å². The van der Waals surface area contributed by atoms with Gasteiger partial charge in [-0.05, 0) is 28.6 Å². The summed E-state index contributed by atoms with van der Waals surface area (Å²) in [4.78, 5) is 5.14. The molecule has 3 heteroatoms. The molecule has 0 saturated carbocycles. The van der Waals surface area contributed by atoms with Gasteiger partial charge in [0.25, 0.3) is 0 Å². The van der Waals surface area contributed by atoms with Crippen LogP contribution in [0.25, 0.3) is 44.1 Å². The number of nitrogens with zero attached hydrogens (tertiary/aromatic N) is 1. The zero-order valence-electron chi connectivity index (χ0n) is 14.7. The molecule has 2 nitrogen and oxygen atoms in total. The Hall–Kier alpha value is -2.91. The van der Waals surface area contributed by atoms with Crippen LogP contribution in [0.3, 0.4) is 0 Å². The zero-order chi connectivity index (χ0) is 17.5. The second kappa shape index (κ2) is 4.62. The van der Waals surface area contributed by atoms with Crippen LogP contribution in [0, 0.1) is 0 Å². The number of benzene rings is 3. The standard InChI is InChI=1S/C23H17NOSi/c1-26(2)19-12-6-11-18-22(19)21-15(8-5-10-17(21)25-18)23-20(26)13-14-7-3-4-9-16(14)24-23/h3-13H,1-2H3. The van der Waals surface area contributed by atoms with Gasteiger partial charge in [0.05, 0.1) is 11.2 Å². The first-order valence-corrected chi connectivity index (χ1v) is 12.0. The van der Waals surface area contributed by atoms with Crippen LogP contribution in [0.1, 0.15) is 0 Å². The minimum absolute atomic E-state index is 0.956. The van der Waals surface area contributed by atoms with Crippen LogP contribution in [-0.2, 0) is 0 Å². The van der Waals surface area contributed by atoms with Crippen molar-refractivity contribution in [2.75, 3.05) is 0 Å². The number of rotatable bonds is 0. The number of aromatic nitrogens is 1. The predicted octanol–water partition coefficient (Wildman–Crippen LogP) is 4.94. The lowest BCUT2D eigenvalue weighted by Gasteiger charge is -2.25. The molecule has 2 aromatic heterocycles. The molecule has 1 aliphatic heterocycles. The van der Waals surface area contributed by atoms with Crippen molar-refractivity contribution in [3.63, 3.8) is 0 Å². The third-order valence-electron chi connectivity index (χ3n) is 5.85. The Morgan fingerprint density at radius 3 is 2.42 bits per heavy atom. The molecular weight excluding hydrogens is 334 g/mol. The van der Waals surface area contributed by atoms with Gasteiger partial charge in [0, 0.05) is 21.7 Å². The van der Waals surface area contributed by atoms with Gasteiger partial charge < -0.3 is 4.42 Å². The molecule has 0 fully saturated rings. The minimum Gasteiger partial charge on any atom is -0.456 e. The smallest absolute Gasteiger partial charge is 0.136 e. The van der Waals surface area contributed by atoms with Gasteiger partial charge in [0.15, 0.2) is 0 Å². The van der Waals surface area contributed by atoms with E-state index in [9.17, 15) is 0 Å². The van der Waals surface area contributed by atoms with Crippen molar-refractivity contribution in [3.8, 4) is 11.3 Å². The summed E-state index contributed by atoms with van der Waals surface area (Å²) >= 11 is 0. The lowest BCUT2D eigenvalue weighted by Crippen LogP contribution is -2.53. The zero-order valence-corrected chi connectivity index (χ0v) is 15.7. The Kier molecular flexibility index (Phi) is 2.54. The third-order valence-corrected chi connectivity index (χ3v) is 9.34. The first-order valence-electron chi connectivity index (χ1n) is 9.00. The van der Waals surface area contributed by atoms with E-state index < -0.39 is 8.07 Å². The summed E-state index contributed by atoms with van der Waals surface area (Å²) in [7, 11) is -1.94. The van der Waals surface area contributed by atoms with E-state index in [1.165, 1.54) is 32.1 Å². The number of furan rings is 1. The second-order valence-corrected chi connectivity index (χ2v) is 12.0. The normalized spacial score (nSPS) is 14.8. The molecule has 0 radical (unpaired) electrons. The molecule has 1 aliphatic rings. The Labute approximate surface area is 152 Å². The van der Waals surface area contributed by atoms with E-state index in [-0.39, 0.29) is 0 Å². The number of hydrogen-bond donors (Lipinski definition) is 0. The van der Waals surface area contributed by atoms with Crippen LogP contribution in [0.2, 0.25) is 13.1 Å². The van der Waals surface area contributed by atoms with E-state index in [1.54, 1.807) is 0 Å². The monoisotopic (exact) mass is 351 g/mol. The first-order chi connectivity index (χ1) is 12.6. The highest BCUT2D eigenvalue weighted by Gasteiger charge is 2.36. The summed E-state index contributed by atoms with van der Waals surface area (Å²) < 4.78 is 6.20. The maximum atomic E-state index is 6.20. The predicted molar refractivity (Wildman–Crippen MR) is 111 cm³/mol. The Morgan fingerprint density at radius 1 is 0.769 bits per heavy atom. The Bertz CT molecular complexity index is 1360. The van der Waals surface area contributed by atoms with Gasteiger partial charge in [-0.2, -0.15) is 0 Å². The molecular formula is C23H17NOSi. The van der Waals surface area contributed by atoms with Crippen LogP contribution in [0.15, 0.2) is 71.1 Å². The van der Waals surface area contributed by atoms with Crippen molar-refractivity contribution in [1.82, 2.24) is 4.98 Å². The van der Waals surface area contributed by atoms with Crippen LogP contribution < -0.4 is 10.4 Å². The van der Waals surface area contributed by atoms with Crippen molar-refractivity contribution in [1.29, 1.82) is 0 Å². The van der Waals surface area contributed by atoms with Gasteiger partial charge in [-0.3, -0.25) is 0 Å². The summed E-state index contributed by atoms with van der Waals surface area (Å²) in [6, 6.07) is 23.7. The SMILES string of the molecule is C[Si]1(C)c2cc3ccccc3nc2-c2cccc3oc4cccc1c4c23. The molecule has 0 aliphatic carbocycles. The summed E-state index contributed by atoms with van der Waals surface area (Å²) in [6.07, 6.45) is 0. The summed E-state index contributed by atoms with van der Waals surface area (Å²) in [5, 5.41) is 6.58. The van der Waals surface area contributed by atoms with Gasteiger partial charge in [-0.25, -0.2) is 4.98 Å². The van der Waals surface area contributed by atoms with E-state index in [0.717, 1.165) is 22.4 Å². The number of hydrogen-bond acceptors (Lipinski definition) is 2. The van der Waals surface area contributed by atoms with Crippen LogP contribution in [0.4, 0.5) is 0 Å². The first kappa shape index (κ1) is 14.3. The van der Waals surface area contributed by atoms with Crippen molar-refractivity contribution in [3.05, 3.63) is 66.7 Å². The summed E-state index contributed by atoms with van der Waals surface area (Å²) in [5.41, 5.74) is 5.33. The van der Waals surface area contributed by atoms with E-state index in [0.29, 0.717) is 0 Å². The average Bonchev–Trinajstić information content (AvgIpc) is 3.02. The van der Waals surface area contributed by atoms with Gasteiger partial charge in [0.1, 0.15) is 19.2 Å².